The Morgan fingerprint density at radius 1 is 1.22 bits per heavy atom. The Kier molecular flexibility index (Phi) is 4.73. The van der Waals surface area contributed by atoms with Crippen molar-refractivity contribution < 1.29 is 9.18 Å². The van der Waals surface area contributed by atoms with Crippen LogP contribution in [0.4, 0.5) is 4.39 Å². The molecule has 0 fully saturated rings. The number of nitrogens with zero attached hydrogens (tertiary/aromatic N) is 2. The molecule has 2 heterocycles. The van der Waals surface area contributed by atoms with Crippen LogP contribution in [0.5, 0.6) is 0 Å². The molecule has 6 heteroatoms. The Morgan fingerprint density at radius 2 is 2.04 bits per heavy atom. The standard InChI is InChI=1S/C17H14FN3OS/c18-14-5-3-12(4-6-14)9-20-16(22)8-15-11-23-17(21-15)13-2-1-7-19-10-13/h1-7,10-11H,8-9H2,(H,20,22). The fourth-order valence-corrected chi connectivity index (χ4v) is 2.85. The summed E-state index contributed by atoms with van der Waals surface area (Å²) in [6, 6.07) is 9.85. The highest BCUT2D eigenvalue weighted by Gasteiger charge is 2.09. The lowest BCUT2D eigenvalue weighted by atomic mass is 10.2. The second kappa shape index (κ2) is 7.11. The first kappa shape index (κ1) is 15.3. The molecule has 0 unspecified atom stereocenters. The van der Waals surface area contributed by atoms with Gasteiger partial charge in [-0.25, -0.2) is 9.37 Å². The van der Waals surface area contributed by atoms with Crippen LogP contribution in [0.3, 0.4) is 0 Å². The van der Waals surface area contributed by atoms with Gasteiger partial charge in [0.1, 0.15) is 10.8 Å². The van der Waals surface area contributed by atoms with E-state index in [1.165, 1.54) is 23.5 Å². The Balaban J connectivity index is 1.56. The van der Waals surface area contributed by atoms with Crippen molar-refractivity contribution in [1.29, 1.82) is 0 Å². The maximum atomic E-state index is 12.8. The Labute approximate surface area is 137 Å². The van der Waals surface area contributed by atoms with Gasteiger partial charge in [-0.1, -0.05) is 12.1 Å². The van der Waals surface area contributed by atoms with E-state index in [9.17, 15) is 9.18 Å². The minimum Gasteiger partial charge on any atom is -0.352 e. The van der Waals surface area contributed by atoms with Crippen molar-refractivity contribution in [1.82, 2.24) is 15.3 Å². The third-order valence-corrected chi connectivity index (χ3v) is 4.15. The van der Waals surface area contributed by atoms with E-state index in [0.717, 1.165) is 21.8 Å². The molecule has 23 heavy (non-hydrogen) atoms. The summed E-state index contributed by atoms with van der Waals surface area (Å²) in [5, 5.41) is 5.53. The van der Waals surface area contributed by atoms with Crippen LogP contribution in [0.25, 0.3) is 10.6 Å². The summed E-state index contributed by atoms with van der Waals surface area (Å²) in [7, 11) is 0. The number of amides is 1. The highest BCUT2D eigenvalue weighted by atomic mass is 32.1. The smallest absolute Gasteiger partial charge is 0.226 e. The van der Waals surface area contributed by atoms with Crippen molar-refractivity contribution in [3.63, 3.8) is 0 Å². The minimum atomic E-state index is -0.287. The average molecular weight is 327 g/mol. The number of rotatable bonds is 5. The molecule has 1 aromatic carbocycles. The van der Waals surface area contributed by atoms with Gasteiger partial charge in [-0.05, 0) is 29.8 Å². The monoisotopic (exact) mass is 327 g/mol. The molecule has 0 atom stereocenters. The SMILES string of the molecule is O=C(Cc1csc(-c2cccnc2)n1)NCc1ccc(F)cc1. The van der Waals surface area contributed by atoms with Gasteiger partial charge >= 0.3 is 0 Å². The van der Waals surface area contributed by atoms with Crippen LogP contribution in [0.1, 0.15) is 11.3 Å². The third-order valence-electron chi connectivity index (χ3n) is 3.20. The van der Waals surface area contributed by atoms with E-state index in [1.807, 2.05) is 17.5 Å². The van der Waals surface area contributed by atoms with Crippen LogP contribution in [0, 0.1) is 5.82 Å². The molecule has 0 aliphatic rings. The molecule has 1 N–H and O–H groups in total. The molecule has 2 aromatic heterocycles. The molecule has 0 saturated heterocycles. The van der Waals surface area contributed by atoms with Crippen LogP contribution in [0.15, 0.2) is 54.2 Å². The van der Waals surface area contributed by atoms with Crippen molar-refractivity contribution in [2.75, 3.05) is 0 Å². The molecule has 0 bridgehead atoms. The zero-order valence-electron chi connectivity index (χ0n) is 12.2. The molecule has 116 valence electrons. The van der Waals surface area contributed by atoms with E-state index in [2.05, 4.69) is 15.3 Å². The Bertz CT molecular complexity index is 787. The summed E-state index contributed by atoms with van der Waals surface area (Å²) in [5.74, 6) is -0.400. The van der Waals surface area contributed by atoms with Crippen LogP contribution >= 0.6 is 11.3 Å². The van der Waals surface area contributed by atoms with Crippen molar-refractivity contribution in [2.45, 2.75) is 13.0 Å². The summed E-state index contributed by atoms with van der Waals surface area (Å²) in [5.41, 5.74) is 2.52. The van der Waals surface area contributed by atoms with Crippen molar-refractivity contribution in [2.24, 2.45) is 0 Å². The Morgan fingerprint density at radius 3 is 2.78 bits per heavy atom. The van der Waals surface area contributed by atoms with Gasteiger partial charge in [0, 0.05) is 29.9 Å². The molecule has 0 aliphatic carbocycles. The fraction of sp³-hybridized carbons (Fsp3) is 0.118. The number of nitrogens with one attached hydrogen (secondary N) is 1. The van der Waals surface area contributed by atoms with Gasteiger partial charge in [-0.3, -0.25) is 9.78 Å². The maximum absolute atomic E-state index is 12.8. The van der Waals surface area contributed by atoms with E-state index in [-0.39, 0.29) is 18.1 Å². The lowest BCUT2D eigenvalue weighted by Crippen LogP contribution is -2.24. The summed E-state index contributed by atoms with van der Waals surface area (Å²) < 4.78 is 12.8. The van der Waals surface area contributed by atoms with Crippen LogP contribution < -0.4 is 5.32 Å². The van der Waals surface area contributed by atoms with E-state index in [4.69, 9.17) is 0 Å². The molecule has 0 radical (unpaired) electrons. The topological polar surface area (TPSA) is 54.9 Å². The van der Waals surface area contributed by atoms with Gasteiger partial charge in [-0.2, -0.15) is 0 Å². The highest BCUT2D eigenvalue weighted by Crippen LogP contribution is 2.22. The number of aromatic nitrogens is 2. The molecule has 0 spiro atoms. The number of thiazole rings is 1. The van der Waals surface area contributed by atoms with E-state index in [1.54, 1.807) is 24.5 Å². The van der Waals surface area contributed by atoms with Gasteiger partial charge in [0.2, 0.25) is 5.91 Å². The second-order valence-corrected chi connectivity index (χ2v) is 5.82. The second-order valence-electron chi connectivity index (χ2n) is 4.97. The summed E-state index contributed by atoms with van der Waals surface area (Å²) in [6.07, 6.45) is 3.68. The van der Waals surface area contributed by atoms with Gasteiger partial charge in [0.25, 0.3) is 0 Å². The quantitative estimate of drug-likeness (QED) is 0.783. The van der Waals surface area contributed by atoms with Crippen molar-refractivity contribution >= 4 is 17.2 Å². The van der Waals surface area contributed by atoms with Gasteiger partial charge in [0.15, 0.2) is 0 Å². The molecular weight excluding hydrogens is 313 g/mol. The third kappa shape index (κ3) is 4.20. The summed E-state index contributed by atoms with van der Waals surface area (Å²) in [6.45, 7) is 0.374. The molecule has 1 amide bonds. The van der Waals surface area contributed by atoms with E-state index >= 15 is 0 Å². The number of hydrogen-bond donors (Lipinski definition) is 1. The number of benzene rings is 1. The normalized spacial score (nSPS) is 10.5. The van der Waals surface area contributed by atoms with Gasteiger partial charge < -0.3 is 5.32 Å². The van der Waals surface area contributed by atoms with Crippen molar-refractivity contribution in [3.8, 4) is 10.6 Å². The predicted octanol–water partition coefficient (Wildman–Crippen LogP) is 3.20. The average Bonchev–Trinajstić information content (AvgIpc) is 3.04. The highest BCUT2D eigenvalue weighted by molar-refractivity contribution is 7.13. The van der Waals surface area contributed by atoms with E-state index in [0.29, 0.717) is 6.54 Å². The summed E-state index contributed by atoms with van der Waals surface area (Å²) in [4.78, 5) is 20.5. The number of pyridine rings is 1. The predicted molar refractivity (Wildman–Crippen MR) is 87.3 cm³/mol. The number of carbonyl (C=O) groups is 1. The zero-order valence-corrected chi connectivity index (χ0v) is 13.0. The molecule has 3 aromatic rings. The molecule has 3 rings (SSSR count). The zero-order chi connectivity index (χ0) is 16.1. The van der Waals surface area contributed by atoms with Gasteiger partial charge in [-0.15, -0.1) is 11.3 Å². The molecule has 0 saturated carbocycles. The molecule has 0 aliphatic heterocycles. The van der Waals surface area contributed by atoms with Crippen LogP contribution in [-0.2, 0) is 17.8 Å². The minimum absolute atomic E-state index is 0.114. The van der Waals surface area contributed by atoms with Crippen molar-refractivity contribution in [3.05, 3.63) is 71.2 Å². The molecular formula is C17H14FN3OS. The fourth-order valence-electron chi connectivity index (χ4n) is 2.04. The molecule has 4 nitrogen and oxygen atoms in total. The van der Waals surface area contributed by atoms with E-state index < -0.39 is 0 Å². The first-order valence-electron chi connectivity index (χ1n) is 7.06. The summed E-state index contributed by atoms with van der Waals surface area (Å²) >= 11 is 1.49. The largest absolute Gasteiger partial charge is 0.352 e. The Hall–Kier alpha value is -2.60. The number of hydrogen-bond acceptors (Lipinski definition) is 4. The van der Waals surface area contributed by atoms with Crippen LogP contribution in [-0.4, -0.2) is 15.9 Å². The number of halogens is 1. The van der Waals surface area contributed by atoms with Crippen LogP contribution in [0.2, 0.25) is 0 Å². The maximum Gasteiger partial charge on any atom is 0.226 e. The lowest BCUT2D eigenvalue weighted by Gasteiger charge is -2.04. The first-order valence-corrected chi connectivity index (χ1v) is 7.94. The first-order chi connectivity index (χ1) is 11.2. The number of carbonyl (C=O) groups excluding carboxylic acids is 1. The lowest BCUT2D eigenvalue weighted by molar-refractivity contribution is -0.120. The van der Waals surface area contributed by atoms with Gasteiger partial charge in [0.05, 0.1) is 12.1 Å².